The van der Waals surface area contributed by atoms with Crippen molar-refractivity contribution in [3.8, 4) is 0 Å². The number of hydrogen-bond acceptors (Lipinski definition) is 0. The van der Waals surface area contributed by atoms with Gasteiger partial charge in [0.25, 0.3) is 0 Å². The lowest BCUT2D eigenvalue weighted by molar-refractivity contribution is -0.135. The molecule has 1 unspecified atom stereocenters. The Morgan fingerprint density at radius 3 is 1.18 bits per heavy atom. The Balaban J connectivity index is 3.16. The first-order chi connectivity index (χ1) is 13.5. The molecular weight excluding hydrogens is 364 g/mol. The summed E-state index contributed by atoms with van der Waals surface area (Å²) in [5, 5.41) is 0. The summed E-state index contributed by atoms with van der Waals surface area (Å²) in [5.74, 6) is 0. The molecule has 0 amide bonds. The maximum absolute atomic E-state index is 13.8. The zero-order valence-electron chi connectivity index (χ0n) is 18.4. The second kappa shape index (κ2) is 20.0. The molecule has 0 nitrogen and oxygen atoms in total. The van der Waals surface area contributed by atoms with Crippen LogP contribution in [0, 0.1) is 0 Å². The van der Waals surface area contributed by atoms with Gasteiger partial charge in [-0.2, -0.15) is 13.2 Å². The summed E-state index contributed by atoms with van der Waals surface area (Å²) in [6.45, 7) is 2.23. The topological polar surface area (TPSA) is 0 Å². The molecule has 0 saturated carbocycles. The minimum atomic E-state index is -3.99. The van der Waals surface area contributed by atoms with Crippen molar-refractivity contribution in [1.82, 2.24) is 0 Å². The number of alkyl halides is 4. The van der Waals surface area contributed by atoms with Crippen LogP contribution in [0.25, 0.3) is 0 Å². The average molecular weight is 411 g/mol. The van der Waals surface area contributed by atoms with Crippen molar-refractivity contribution in [2.75, 3.05) is 0 Å². The van der Waals surface area contributed by atoms with Crippen molar-refractivity contribution < 1.29 is 17.6 Å². The fourth-order valence-corrected chi connectivity index (χ4v) is 3.75. The van der Waals surface area contributed by atoms with Crippen molar-refractivity contribution in [1.29, 1.82) is 0 Å². The molecule has 0 aromatic rings. The van der Waals surface area contributed by atoms with Gasteiger partial charge >= 0.3 is 6.18 Å². The van der Waals surface area contributed by atoms with E-state index >= 15 is 0 Å². The fourth-order valence-electron chi connectivity index (χ4n) is 3.75. The van der Waals surface area contributed by atoms with Gasteiger partial charge in [-0.25, -0.2) is 4.39 Å². The zero-order valence-corrected chi connectivity index (χ0v) is 18.4. The predicted octanol–water partition coefficient (Wildman–Crippen LogP) is 10.1. The van der Waals surface area contributed by atoms with Crippen molar-refractivity contribution in [3.63, 3.8) is 0 Å². The molecule has 0 fully saturated rings. The monoisotopic (exact) mass is 410 g/mol. The van der Waals surface area contributed by atoms with Crippen molar-refractivity contribution in [3.05, 3.63) is 0 Å². The van der Waals surface area contributed by atoms with E-state index in [4.69, 9.17) is 0 Å². The lowest BCUT2D eigenvalue weighted by Gasteiger charge is -2.08. The molecule has 1 atom stereocenters. The van der Waals surface area contributed by atoms with Crippen LogP contribution in [0.3, 0.4) is 0 Å². The molecule has 0 aromatic carbocycles. The van der Waals surface area contributed by atoms with Crippen molar-refractivity contribution >= 4 is 0 Å². The van der Waals surface area contributed by atoms with Gasteiger partial charge in [-0.3, -0.25) is 0 Å². The predicted molar refractivity (Wildman–Crippen MR) is 114 cm³/mol. The maximum Gasteiger partial charge on any atom is 0.389 e. The summed E-state index contributed by atoms with van der Waals surface area (Å²) >= 11 is 0. The molecule has 0 heterocycles. The van der Waals surface area contributed by atoms with Crippen molar-refractivity contribution in [2.24, 2.45) is 0 Å². The van der Waals surface area contributed by atoms with Crippen LogP contribution in [0.4, 0.5) is 17.6 Å². The molecule has 0 bridgehead atoms. The maximum atomic E-state index is 13.8. The Morgan fingerprint density at radius 2 is 0.821 bits per heavy atom. The van der Waals surface area contributed by atoms with E-state index in [1.54, 1.807) is 0 Å². The normalized spacial score (nSPS) is 13.2. The number of hydrogen-bond donors (Lipinski definition) is 0. The first-order valence-corrected chi connectivity index (χ1v) is 12.2. The minimum Gasteiger partial charge on any atom is -0.247 e. The highest BCUT2D eigenvalue weighted by Crippen LogP contribution is 2.23. The van der Waals surface area contributed by atoms with Crippen molar-refractivity contribution in [2.45, 2.75) is 154 Å². The van der Waals surface area contributed by atoms with E-state index in [1.165, 1.54) is 64.2 Å². The van der Waals surface area contributed by atoms with E-state index in [9.17, 15) is 17.6 Å². The highest BCUT2D eigenvalue weighted by molar-refractivity contribution is 4.58. The fraction of sp³-hybridized carbons (Fsp3) is 1.00. The molecule has 0 aliphatic rings. The van der Waals surface area contributed by atoms with Gasteiger partial charge in [0, 0.05) is 6.42 Å². The first-order valence-electron chi connectivity index (χ1n) is 12.2. The van der Waals surface area contributed by atoms with Gasteiger partial charge in [0.1, 0.15) is 6.17 Å². The van der Waals surface area contributed by atoms with Crippen LogP contribution < -0.4 is 0 Å². The van der Waals surface area contributed by atoms with E-state index in [1.807, 2.05) is 0 Å². The van der Waals surface area contributed by atoms with Gasteiger partial charge in [-0.1, -0.05) is 116 Å². The third-order valence-corrected chi connectivity index (χ3v) is 5.60. The second-order valence-electron chi connectivity index (χ2n) is 8.55. The Hall–Kier alpha value is -0.280. The molecule has 170 valence electrons. The Bertz CT molecular complexity index is 301. The molecule has 0 N–H and O–H groups in total. The van der Waals surface area contributed by atoms with Crippen LogP contribution in [-0.2, 0) is 0 Å². The van der Waals surface area contributed by atoms with E-state index < -0.39 is 18.8 Å². The summed E-state index contributed by atoms with van der Waals surface area (Å²) in [4.78, 5) is 0. The summed E-state index contributed by atoms with van der Waals surface area (Å²) in [6.07, 6.45) is 16.0. The summed E-state index contributed by atoms with van der Waals surface area (Å²) in [7, 11) is 0. The molecule has 0 rings (SSSR count). The van der Waals surface area contributed by atoms with Crippen LogP contribution in [0.2, 0.25) is 0 Å². The molecule has 0 aliphatic heterocycles. The zero-order chi connectivity index (χ0) is 20.9. The van der Waals surface area contributed by atoms with E-state index in [2.05, 4.69) is 6.92 Å². The highest BCUT2D eigenvalue weighted by atomic mass is 19.4. The van der Waals surface area contributed by atoms with Crippen LogP contribution in [0.1, 0.15) is 142 Å². The standard InChI is InChI=1S/C24H46F4/c1-2-3-4-5-11-14-17-20-23(25)21-18-15-12-9-7-6-8-10-13-16-19-22-24(26,27)28/h23H,2-22H2,1H3. The molecule has 28 heavy (non-hydrogen) atoms. The second-order valence-corrected chi connectivity index (χ2v) is 8.55. The minimum absolute atomic E-state index is 0.276. The van der Waals surface area contributed by atoms with Crippen LogP contribution >= 0.6 is 0 Å². The summed E-state index contributed by atoms with van der Waals surface area (Å²) < 4.78 is 49.8. The van der Waals surface area contributed by atoms with Gasteiger partial charge in [0.2, 0.25) is 0 Å². The van der Waals surface area contributed by atoms with Crippen LogP contribution in [0.5, 0.6) is 0 Å². The molecule has 0 aliphatic carbocycles. The Kier molecular flexibility index (Phi) is 19.8. The molecule has 0 radical (unpaired) electrons. The molecular formula is C24H46F4. The number of rotatable bonds is 21. The summed E-state index contributed by atoms with van der Waals surface area (Å²) in [5.41, 5.74) is 0. The largest absolute Gasteiger partial charge is 0.389 e. The Morgan fingerprint density at radius 1 is 0.500 bits per heavy atom. The van der Waals surface area contributed by atoms with Gasteiger partial charge in [-0.05, 0) is 19.3 Å². The third kappa shape index (κ3) is 23.8. The van der Waals surface area contributed by atoms with Gasteiger partial charge in [0.15, 0.2) is 0 Å². The first kappa shape index (κ1) is 27.7. The van der Waals surface area contributed by atoms with Gasteiger partial charge in [0.05, 0.1) is 0 Å². The number of unbranched alkanes of at least 4 members (excludes halogenated alkanes) is 16. The quantitative estimate of drug-likeness (QED) is 0.130. The lowest BCUT2D eigenvalue weighted by atomic mass is 10.0. The van der Waals surface area contributed by atoms with Gasteiger partial charge in [-0.15, -0.1) is 0 Å². The third-order valence-electron chi connectivity index (χ3n) is 5.60. The molecule has 0 saturated heterocycles. The van der Waals surface area contributed by atoms with E-state index in [-0.39, 0.29) is 6.42 Å². The smallest absolute Gasteiger partial charge is 0.247 e. The lowest BCUT2D eigenvalue weighted by Crippen LogP contribution is -2.06. The molecule has 0 spiro atoms. The van der Waals surface area contributed by atoms with E-state index in [0.717, 1.165) is 51.4 Å². The Labute approximate surface area is 172 Å². The number of halogens is 4. The van der Waals surface area contributed by atoms with Crippen LogP contribution in [0.15, 0.2) is 0 Å². The SMILES string of the molecule is CCCCCCCCCC(F)CCCCCCCCCCCCCC(F)(F)F. The molecule has 0 aromatic heterocycles. The van der Waals surface area contributed by atoms with E-state index in [0.29, 0.717) is 6.42 Å². The molecule has 4 heteroatoms. The average Bonchev–Trinajstić information content (AvgIpc) is 2.64. The van der Waals surface area contributed by atoms with Gasteiger partial charge < -0.3 is 0 Å². The summed E-state index contributed by atoms with van der Waals surface area (Å²) in [6, 6.07) is 0. The highest BCUT2D eigenvalue weighted by Gasteiger charge is 2.25. The van der Waals surface area contributed by atoms with Crippen LogP contribution in [-0.4, -0.2) is 12.3 Å².